The Morgan fingerprint density at radius 2 is 2.18 bits per heavy atom. The van der Waals surface area contributed by atoms with Crippen LogP contribution in [0.2, 0.25) is 0 Å². The van der Waals surface area contributed by atoms with E-state index in [0.29, 0.717) is 5.92 Å². The van der Waals surface area contributed by atoms with Gasteiger partial charge in [0, 0.05) is 6.54 Å². The van der Waals surface area contributed by atoms with Gasteiger partial charge in [0.25, 0.3) is 0 Å². The number of carboxylic acids is 1. The Kier molecular flexibility index (Phi) is 4.03. The van der Waals surface area contributed by atoms with Gasteiger partial charge in [0.2, 0.25) is 10.0 Å². The van der Waals surface area contributed by atoms with E-state index in [0.717, 1.165) is 29.7 Å². The summed E-state index contributed by atoms with van der Waals surface area (Å²) in [4.78, 5) is 10.9. The average Bonchev–Trinajstić information content (AvgIpc) is 3.02. The van der Waals surface area contributed by atoms with Crippen molar-refractivity contribution < 1.29 is 22.7 Å². The molecular formula is C14H18FNO4S2. The van der Waals surface area contributed by atoms with Crippen molar-refractivity contribution in [2.75, 3.05) is 6.54 Å². The number of carbonyl (C=O) groups is 1. The molecule has 1 aromatic rings. The summed E-state index contributed by atoms with van der Waals surface area (Å²) < 4.78 is 41.9. The SMILES string of the molecule is O=C(O)[C@@H]1CC[C@](F)(CNS(=O)(=O)c2sccc2C2CC2)C1. The molecule has 2 aliphatic rings. The molecule has 0 aromatic carbocycles. The number of rotatable bonds is 6. The Balaban J connectivity index is 1.68. The van der Waals surface area contributed by atoms with Gasteiger partial charge >= 0.3 is 5.97 Å². The molecule has 2 N–H and O–H groups in total. The molecule has 0 aliphatic heterocycles. The highest BCUT2D eigenvalue weighted by Crippen LogP contribution is 2.45. The zero-order valence-electron chi connectivity index (χ0n) is 11.9. The molecule has 0 unspecified atom stereocenters. The maximum absolute atomic E-state index is 14.6. The lowest BCUT2D eigenvalue weighted by Gasteiger charge is -2.19. The molecule has 1 heterocycles. The van der Waals surface area contributed by atoms with Gasteiger partial charge in [-0.15, -0.1) is 11.3 Å². The molecule has 3 rings (SSSR count). The standard InChI is InChI=1S/C14H18FNO4S2/c15-14(5-3-10(7-14)12(17)18)8-16-22(19,20)13-11(4-6-21-13)9-1-2-9/h4,6,9-10,16H,1-3,5,7-8H2,(H,17,18)/t10-,14-/m1/s1. The summed E-state index contributed by atoms with van der Waals surface area (Å²) in [5, 5.41) is 10.7. The topological polar surface area (TPSA) is 83.5 Å². The second-order valence-corrected chi connectivity index (χ2v) is 9.07. The monoisotopic (exact) mass is 347 g/mol. The van der Waals surface area contributed by atoms with Crippen molar-refractivity contribution >= 4 is 27.3 Å². The van der Waals surface area contributed by atoms with Crippen LogP contribution in [0.1, 0.15) is 43.6 Å². The maximum atomic E-state index is 14.6. The molecule has 8 heteroatoms. The minimum atomic E-state index is -3.73. The molecule has 2 saturated carbocycles. The van der Waals surface area contributed by atoms with E-state index in [4.69, 9.17) is 5.11 Å². The number of aliphatic carboxylic acids is 1. The van der Waals surface area contributed by atoms with Crippen molar-refractivity contribution in [3.8, 4) is 0 Å². The van der Waals surface area contributed by atoms with Gasteiger partial charge in [0.15, 0.2) is 0 Å². The molecule has 22 heavy (non-hydrogen) atoms. The molecule has 0 bridgehead atoms. The first-order chi connectivity index (χ1) is 10.3. The zero-order valence-corrected chi connectivity index (χ0v) is 13.6. The van der Waals surface area contributed by atoms with Crippen molar-refractivity contribution in [2.45, 2.75) is 47.9 Å². The molecule has 122 valence electrons. The smallest absolute Gasteiger partial charge is 0.306 e. The predicted octanol–water partition coefficient (Wildman–Crippen LogP) is 2.50. The summed E-state index contributed by atoms with van der Waals surface area (Å²) in [5.41, 5.74) is -0.951. The Morgan fingerprint density at radius 1 is 1.45 bits per heavy atom. The highest BCUT2D eigenvalue weighted by molar-refractivity contribution is 7.91. The summed E-state index contributed by atoms with van der Waals surface area (Å²) in [6.07, 6.45) is 2.18. The van der Waals surface area contributed by atoms with Crippen LogP contribution in [0, 0.1) is 5.92 Å². The highest BCUT2D eigenvalue weighted by atomic mass is 32.2. The third-order valence-electron chi connectivity index (χ3n) is 4.40. The van der Waals surface area contributed by atoms with E-state index < -0.39 is 27.6 Å². The molecule has 1 aromatic heterocycles. The Hall–Kier alpha value is -0.990. The van der Waals surface area contributed by atoms with Gasteiger partial charge in [-0.1, -0.05) is 0 Å². The molecule has 0 saturated heterocycles. The quantitative estimate of drug-likeness (QED) is 0.828. The molecule has 0 radical (unpaired) electrons. The van der Waals surface area contributed by atoms with Gasteiger partial charge in [-0.3, -0.25) is 4.79 Å². The van der Waals surface area contributed by atoms with Crippen LogP contribution in [0.3, 0.4) is 0 Å². The molecule has 2 aliphatic carbocycles. The molecule has 5 nitrogen and oxygen atoms in total. The number of halogens is 1. The fourth-order valence-electron chi connectivity index (χ4n) is 2.96. The third-order valence-corrected chi connectivity index (χ3v) is 7.32. The van der Waals surface area contributed by atoms with Gasteiger partial charge in [0.1, 0.15) is 9.88 Å². The third kappa shape index (κ3) is 3.18. The molecule has 2 atom stereocenters. The maximum Gasteiger partial charge on any atom is 0.306 e. The van der Waals surface area contributed by atoms with E-state index in [1.165, 1.54) is 0 Å². The van der Waals surface area contributed by atoms with Crippen LogP contribution in [0.25, 0.3) is 0 Å². The van der Waals surface area contributed by atoms with E-state index >= 15 is 0 Å². The van der Waals surface area contributed by atoms with Crippen molar-refractivity contribution in [1.29, 1.82) is 0 Å². The van der Waals surface area contributed by atoms with Crippen LogP contribution in [0.5, 0.6) is 0 Å². The predicted molar refractivity (Wildman–Crippen MR) is 80.3 cm³/mol. The largest absolute Gasteiger partial charge is 0.481 e. The first-order valence-electron chi connectivity index (χ1n) is 7.29. The fraction of sp³-hybridized carbons (Fsp3) is 0.643. The van der Waals surface area contributed by atoms with Crippen LogP contribution in [0.15, 0.2) is 15.7 Å². The van der Waals surface area contributed by atoms with E-state index in [2.05, 4.69) is 4.72 Å². The number of carboxylic acid groups (broad SMARTS) is 1. The normalized spacial score (nSPS) is 28.9. The van der Waals surface area contributed by atoms with Gasteiger partial charge in [-0.25, -0.2) is 17.5 Å². The Labute approximate surface area is 132 Å². The second-order valence-electron chi connectivity index (χ2n) is 6.19. The van der Waals surface area contributed by atoms with Crippen LogP contribution < -0.4 is 4.72 Å². The second kappa shape index (κ2) is 5.58. The van der Waals surface area contributed by atoms with Crippen LogP contribution in [-0.2, 0) is 14.8 Å². The number of sulfonamides is 1. The van der Waals surface area contributed by atoms with E-state index in [1.54, 1.807) is 5.38 Å². The zero-order chi connectivity index (χ0) is 16.0. The van der Waals surface area contributed by atoms with Crippen molar-refractivity contribution in [2.24, 2.45) is 5.92 Å². The Morgan fingerprint density at radius 3 is 2.77 bits per heavy atom. The highest BCUT2D eigenvalue weighted by Gasteiger charge is 2.43. The van der Waals surface area contributed by atoms with Gasteiger partial charge in [-0.05, 0) is 55.0 Å². The number of thiophene rings is 1. The molecule has 2 fully saturated rings. The summed E-state index contributed by atoms with van der Waals surface area (Å²) in [6, 6.07) is 1.82. The van der Waals surface area contributed by atoms with Crippen LogP contribution in [0.4, 0.5) is 4.39 Å². The molecule has 0 amide bonds. The average molecular weight is 347 g/mol. The van der Waals surface area contributed by atoms with E-state index in [9.17, 15) is 17.6 Å². The number of hydrogen-bond donors (Lipinski definition) is 2. The van der Waals surface area contributed by atoms with E-state index in [1.807, 2.05) is 6.07 Å². The van der Waals surface area contributed by atoms with Gasteiger partial charge in [-0.2, -0.15) is 0 Å². The number of alkyl halides is 1. The van der Waals surface area contributed by atoms with Crippen molar-refractivity contribution in [3.63, 3.8) is 0 Å². The summed E-state index contributed by atoms with van der Waals surface area (Å²) in [6.45, 7) is -0.360. The van der Waals surface area contributed by atoms with Crippen molar-refractivity contribution in [1.82, 2.24) is 4.72 Å². The first-order valence-corrected chi connectivity index (χ1v) is 9.66. The lowest BCUT2D eigenvalue weighted by Crippen LogP contribution is -2.38. The molecule has 0 spiro atoms. The number of hydrogen-bond acceptors (Lipinski definition) is 4. The first kappa shape index (κ1) is 15.9. The minimum absolute atomic E-state index is 0.0758. The van der Waals surface area contributed by atoms with Crippen molar-refractivity contribution in [3.05, 3.63) is 17.0 Å². The van der Waals surface area contributed by atoms with Gasteiger partial charge in [0.05, 0.1) is 5.92 Å². The summed E-state index contributed by atoms with van der Waals surface area (Å²) in [5.74, 6) is -1.44. The van der Waals surface area contributed by atoms with E-state index in [-0.39, 0.29) is 30.0 Å². The fourth-order valence-corrected chi connectivity index (χ4v) is 5.64. The lowest BCUT2D eigenvalue weighted by atomic mass is 10.0. The summed E-state index contributed by atoms with van der Waals surface area (Å²) >= 11 is 1.14. The lowest BCUT2D eigenvalue weighted by molar-refractivity contribution is -0.141. The number of nitrogens with one attached hydrogen (secondary N) is 1. The van der Waals surface area contributed by atoms with Crippen LogP contribution >= 0.6 is 11.3 Å². The molecular weight excluding hydrogens is 329 g/mol. The summed E-state index contributed by atoms with van der Waals surface area (Å²) in [7, 11) is -3.73. The van der Waals surface area contributed by atoms with Gasteiger partial charge < -0.3 is 5.11 Å². The Bertz CT molecular complexity index is 683. The van der Waals surface area contributed by atoms with Crippen LogP contribution in [-0.4, -0.2) is 31.7 Å². The minimum Gasteiger partial charge on any atom is -0.481 e.